The Morgan fingerprint density at radius 2 is 1.62 bits per heavy atom. The molecule has 1 heterocycles. The summed E-state index contributed by atoms with van der Waals surface area (Å²) in [6.45, 7) is 4.32. The smallest absolute Gasteiger partial charge is 0.249 e. The molecule has 0 saturated carbocycles. The van der Waals surface area contributed by atoms with E-state index in [1.165, 1.54) is 0 Å². The van der Waals surface area contributed by atoms with Crippen molar-refractivity contribution in [2.75, 3.05) is 0 Å². The first-order valence-corrected chi connectivity index (χ1v) is 12.6. The third-order valence-corrected chi connectivity index (χ3v) is 6.89. The molecule has 0 saturated heterocycles. The number of fused-ring (bicyclic) bond motifs is 1. The highest BCUT2D eigenvalue weighted by atomic mass is 35.5. The Morgan fingerprint density at radius 1 is 0.946 bits per heavy atom. The predicted octanol–water partition coefficient (Wildman–Crippen LogP) is 8.27. The maximum Gasteiger partial charge on any atom is 0.249 e. The van der Waals surface area contributed by atoms with Gasteiger partial charge in [0.1, 0.15) is 23.8 Å². The Balaban J connectivity index is 1.40. The molecule has 2 N–H and O–H groups in total. The molecule has 1 aromatic heterocycles. The number of nitrogens with zero attached hydrogens (tertiary/aromatic N) is 1. The molecule has 37 heavy (non-hydrogen) atoms. The second kappa shape index (κ2) is 10.3. The van der Waals surface area contributed by atoms with Gasteiger partial charge in [0.25, 0.3) is 0 Å². The van der Waals surface area contributed by atoms with Crippen molar-refractivity contribution in [1.29, 1.82) is 0 Å². The quantitative estimate of drug-likeness (QED) is 0.229. The largest absolute Gasteiger partial charge is 0.489 e. The molecule has 0 bridgehead atoms. The third kappa shape index (κ3) is 4.93. The summed E-state index contributed by atoms with van der Waals surface area (Å²) in [6.07, 6.45) is 0. The van der Waals surface area contributed by atoms with Crippen molar-refractivity contribution in [2.45, 2.75) is 26.4 Å². The fourth-order valence-corrected chi connectivity index (χ4v) is 4.99. The van der Waals surface area contributed by atoms with Crippen LogP contribution in [0.15, 0.2) is 83.4 Å². The molecule has 0 radical (unpaired) electrons. The molecule has 5 rings (SSSR count). The number of nitrogens with two attached hydrogens (primary N) is 1. The standard InChI is InChI=1S/C30H24Cl2N2O3/c1-17(2)29-24(28(34-37-29)27-25(31)7-4-8-26(27)32)16-36-21-12-9-18(10-13-21)19-11-14-22-20(15-19)5-3-6-23(22)30(33)35/h3-15,17H,16H2,1-2H3,(H2,33,35). The highest BCUT2D eigenvalue weighted by Gasteiger charge is 2.23. The number of ether oxygens (including phenoxy) is 1. The zero-order valence-corrected chi connectivity index (χ0v) is 21.8. The number of halogens is 2. The summed E-state index contributed by atoms with van der Waals surface area (Å²) in [6, 6.07) is 24.7. The minimum absolute atomic E-state index is 0.103. The van der Waals surface area contributed by atoms with Crippen molar-refractivity contribution in [3.8, 4) is 28.1 Å². The van der Waals surface area contributed by atoms with E-state index in [0.717, 1.165) is 33.2 Å². The Morgan fingerprint density at radius 3 is 2.30 bits per heavy atom. The van der Waals surface area contributed by atoms with Crippen LogP contribution in [-0.2, 0) is 6.61 Å². The fraction of sp³-hybridized carbons (Fsp3) is 0.133. The van der Waals surface area contributed by atoms with Crippen molar-refractivity contribution in [3.05, 3.63) is 106 Å². The molecule has 7 heteroatoms. The number of primary amides is 1. The molecule has 4 aromatic carbocycles. The molecular weight excluding hydrogens is 507 g/mol. The van der Waals surface area contributed by atoms with Crippen LogP contribution in [0.2, 0.25) is 10.0 Å². The maximum atomic E-state index is 11.7. The molecule has 1 amide bonds. The zero-order valence-electron chi connectivity index (χ0n) is 20.3. The van der Waals surface area contributed by atoms with Gasteiger partial charge in [-0.1, -0.05) is 84.7 Å². The molecule has 0 aliphatic rings. The first kappa shape index (κ1) is 24.9. The summed E-state index contributed by atoms with van der Waals surface area (Å²) >= 11 is 12.9. The van der Waals surface area contributed by atoms with E-state index in [-0.39, 0.29) is 12.5 Å². The van der Waals surface area contributed by atoms with Crippen LogP contribution < -0.4 is 10.5 Å². The lowest BCUT2D eigenvalue weighted by atomic mass is 9.98. The van der Waals surface area contributed by atoms with Crippen LogP contribution >= 0.6 is 23.2 Å². The zero-order chi connectivity index (χ0) is 26.1. The molecular formula is C30H24Cl2N2O3. The molecule has 0 aliphatic heterocycles. The summed E-state index contributed by atoms with van der Waals surface area (Å²) in [5, 5.41) is 7.07. The number of hydrogen-bond acceptors (Lipinski definition) is 4. The van der Waals surface area contributed by atoms with Crippen molar-refractivity contribution in [3.63, 3.8) is 0 Å². The number of benzene rings is 4. The fourth-order valence-electron chi connectivity index (χ4n) is 4.41. The number of carbonyl (C=O) groups excluding carboxylic acids is 1. The molecule has 0 spiro atoms. The van der Waals surface area contributed by atoms with Crippen molar-refractivity contribution in [1.82, 2.24) is 5.16 Å². The first-order valence-electron chi connectivity index (χ1n) is 11.8. The van der Waals surface area contributed by atoms with E-state index in [2.05, 4.69) is 5.16 Å². The van der Waals surface area contributed by atoms with E-state index >= 15 is 0 Å². The van der Waals surface area contributed by atoms with Gasteiger partial charge in [-0.3, -0.25) is 4.79 Å². The van der Waals surface area contributed by atoms with Gasteiger partial charge in [-0.25, -0.2) is 0 Å². The monoisotopic (exact) mass is 530 g/mol. The topological polar surface area (TPSA) is 78.3 Å². The Kier molecular flexibility index (Phi) is 6.92. The molecule has 5 aromatic rings. The molecule has 0 fully saturated rings. The third-order valence-electron chi connectivity index (χ3n) is 6.26. The molecule has 0 atom stereocenters. The van der Waals surface area contributed by atoms with E-state index in [1.807, 2.05) is 68.4 Å². The maximum absolute atomic E-state index is 11.7. The van der Waals surface area contributed by atoms with Crippen molar-refractivity contribution in [2.24, 2.45) is 5.73 Å². The van der Waals surface area contributed by atoms with E-state index in [0.29, 0.717) is 32.6 Å². The lowest BCUT2D eigenvalue weighted by Crippen LogP contribution is -2.11. The highest BCUT2D eigenvalue weighted by molar-refractivity contribution is 6.39. The average molecular weight is 531 g/mol. The van der Waals surface area contributed by atoms with E-state index in [1.54, 1.807) is 24.3 Å². The van der Waals surface area contributed by atoms with Crippen LogP contribution in [0.1, 0.15) is 41.4 Å². The molecule has 0 unspecified atom stereocenters. The van der Waals surface area contributed by atoms with Crippen molar-refractivity contribution < 1.29 is 14.1 Å². The second-order valence-corrected chi connectivity index (χ2v) is 9.86. The number of carbonyl (C=O) groups is 1. The first-order chi connectivity index (χ1) is 17.8. The number of aromatic nitrogens is 1. The predicted molar refractivity (Wildman–Crippen MR) is 148 cm³/mol. The van der Waals surface area contributed by atoms with E-state index < -0.39 is 5.91 Å². The van der Waals surface area contributed by atoms with Gasteiger partial charge in [-0.2, -0.15) is 0 Å². The van der Waals surface area contributed by atoms with Crippen molar-refractivity contribution >= 4 is 39.9 Å². The summed E-state index contributed by atoms with van der Waals surface area (Å²) in [5.41, 5.74) is 10.1. The SMILES string of the molecule is CC(C)c1onc(-c2c(Cl)cccc2Cl)c1COc1ccc(-c2ccc3c(C(N)=O)cccc3c2)cc1. The summed E-state index contributed by atoms with van der Waals surface area (Å²) in [7, 11) is 0. The van der Waals surface area contributed by atoms with Crippen LogP contribution in [0, 0.1) is 0 Å². The lowest BCUT2D eigenvalue weighted by Gasteiger charge is -2.11. The van der Waals surface area contributed by atoms with Crippen LogP contribution in [0.5, 0.6) is 5.75 Å². The second-order valence-electron chi connectivity index (χ2n) is 9.04. The van der Waals surface area contributed by atoms with Gasteiger partial charge in [0.2, 0.25) is 5.91 Å². The minimum Gasteiger partial charge on any atom is -0.489 e. The summed E-state index contributed by atoms with van der Waals surface area (Å²) in [4.78, 5) is 11.7. The normalized spacial score (nSPS) is 11.3. The molecule has 0 aliphatic carbocycles. The molecule has 5 nitrogen and oxygen atoms in total. The average Bonchev–Trinajstić information content (AvgIpc) is 3.30. The van der Waals surface area contributed by atoms with Crippen LogP contribution in [-0.4, -0.2) is 11.1 Å². The number of hydrogen-bond donors (Lipinski definition) is 1. The number of rotatable bonds is 7. The Hall–Kier alpha value is -3.80. The van der Waals surface area contributed by atoms with Gasteiger partial charge in [-0.15, -0.1) is 0 Å². The minimum atomic E-state index is -0.437. The van der Waals surface area contributed by atoms with E-state index in [4.69, 9.17) is 38.2 Å². The van der Waals surface area contributed by atoms with Gasteiger partial charge >= 0.3 is 0 Å². The summed E-state index contributed by atoms with van der Waals surface area (Å²) in [5.74, 6) is 1.10. The Bertz CT molecular complexity index is 1590. The highest BCUT2D eigenvalue weighted by Crippen LogP contribution is 2.39. The van der Waals surface area contributed by atoms with Gasteiger partial charge < -0.3 is 15.0 Å². The van der Waals surface area contributed by atoms with Crippen LogP contribution in [0.4, 0.5) is 0 Å². The van der Waals surface area contributed by atoms with E-state index in [9.17, 15) is 4.79 Å². The van der Waals surface area contributed by atoms with Gasteiger partial charge in [0.05, 0.1) is 15.6 Å². The molecule has 186 valence electrons. The van der Waals surface area contributed by atoms with Gasteiger partial charge in [0.15, 0.2) is 0 Å². The van der Waals surface area contributed by atoms with Crippen LogP contribution in [0.25, 0.3) is 33.2 Å². The van der Waals surface area contributed by atoms with Gasteiger partial charge in [-0.05, 0) is 58.3 Å². The number of amides is 1. The lowest BCUT2D eigenvalue weighted by molar-refractivity contribution is 0.100. The Labute approximate surface area is 224 Å². The van der Waals surface area contributed by atoms with Crippen LogP contribution in [0.3, 0.4) is 0 Å². The van der Waals surface area contributed by atoms with Gasteiger partial charge in [0, 0.05) is 17.0 Å². The summed E-state index contributed by atoms with van der Waals surface area (Å²) < 4.78 is 11.8.